The lowest BCUT2D eigenvalue weighted by Gasteiger charge is -2.11. The van der Waals surface area contributed by atoms with E-state index in [1.807, 2.05) is 29.2 Å². The average molecular weight is 345 g/mol. The van der Waals surface area contributed by atoms with Crippen LogP contribution in [0.4, 0.5) is 11.4 Å². The molecule has 0 amide bonds. The van der Waals surface area contributed by atoms with Gasteiger partial charge in [0.05, 0.1) is 47.7 Å². The van der Waals surface area contributed by atoms with Gasteiger partial charge in [0.2, 0.25) is 0 Å². The van der Waals surface area contributed by atoms with Crippen LogP contribution in [0.5, 0.6) is 5.75 Å². The zero-order valence-electron chi connectivity index (χ0n) is 10.2. The number of hydrogen-bond donors (Lipinski definition) is 1. The third-order valence-corrected chi connectivity index (χ3v) is 2.38. The van der Waals surface area contributed by atoms with Gasteiger partial charge in [-0.3, -0.25) is 0 Å². The second kappa shape index (κ2) is 6.48. The number of halogens is 1. The zero-order valence-corrected chi connectivity index (χ0v) is 12.4. The Bertz CT molecular complexity index is 430. The maximum absolute atomic E-state index is 5.30. The van der Waals surface area contributed by atoms with E-state index in [1.165, 1.54) is 0 Å². The van der Waals surface area contributed by atoms with Crippen LogP contribution in [0.2, 0.25) is 0 Å². The highest BCUT2D eigenvalue weighted by Gasteiger charge is 2.06. The highest BCUT2D eigenvalue weighted by molar-refractivity contribution is 14.1. The average Bonchev–Trinajstić information content (AvgIpc) is 2.28. The van der Waals surface area contributed by atoms with Crippen LogP contribution in [0.25, 0.3) is 0 Å². The summed E-state index contributed by atoms with van der Waals surface area (Å²) >= 11 is 2.15. The van der Waals surface area contributed by atoms with E-state index in [9.17, 15) is 0 Å². The minimum absolute atomic E-state index is 0.749. The fourth-order valence-electron chi connectivity index (χ4n) is 1.35. The Kier molecular flexibility index (Phi) is 5.27. The Hall–Kier alpha value is -1.24. The molecule has 17 heavy (non-hydrogen) atoms. The van der Waals surface area contributed by atoms with Crippen LogP contribution in [0.3, 0.4) is 0 Å². The SMILES string of the molecule is C=CNc1cc(C)c(N=CN(C)I)cc1OC. The molecule has 1 rings (SSSR count). The molecule has 0 spiro atoms. The Morgan fingerprint density at radius 1 is 1.53 bits per heavy atom. The van der Waals surface area contributed by atoms with Crippen LogP contribution in [0, 0.1) is 6.92 Å². The van der Waals surface area contributed by atoms with Crippen LogP contribution in [-0.2, 0) is 0 Å². The third-order valence-electron chi connectivity index (χ3n) is 2.13. The van der Waals surface area contributed by atoms with Crippen molar-refractivity contribution in [2.45, 2.75) is 6.92 Å². The molecule has 0 bridgehead atoms. The second-order valence-corrected chi connectivity index (χ2v) is 4.98. The van der Waals surface area contributed by atoms with Crippen molar-refractivity contribution in [2.24, 2.45) is 4.99 Å². The number of nitrogens with zero attached hydrogens (tertiary/aromatic N) is 2. The molecule has 0 aliphatic heterocycles. The molecule has 4 nitrogen and oxygen atoms in total. The first-order valence-electron chi connectivity index (χ1n) is 5.07. The van der Waals surface area contributed by atoms with Crippen LogP contribution in [0.1, 0.15) is 5.56 Å². The Labute approximate surface area is 116 Å². The normalized spacial score (nSPS) is 10.4. The summed E-state index contributed by atoms with van der Waals surface area (Å²) in [7, 11) is 3.56. The van der Waals surface area contributed by atoms with Gasteiger partial charge in [-0.15, -0.1) is 0 Å². The summed E-state index contributed by atoms with van der Waals surface area (Å²) in [5, 5.41) is 3.04. The molecule has 1 aromatic carbocycles. The van der Waals surface area contributed by atoms with Gasteiger partial charge >= 0.3 is 0 Å². The largest absolute Gasteiger partial charge is 0.494 e. The molecule has 0 aromatic heterocycles. The summed E-state index contributed by atoms with van der Waals surface area (Å²) in [6.07, 6.45) is 3.38. The van der Waals surface area contributed by atoms with Gasteiger partial charge in [0.25, 0.3) is 0 Å². The highest BCUT2D eigenvalue weighted by Crippen LogP contribution is 2.32. The van der Waals surface area contributed by atoms with E-state index >= 15 is 0 Å². The molecule has 92 valence electrons. The first kappa shape index (κ1) is 13.8. The lowest BCUT2D eigenvalue weighted by atomic mass is 10.1. The zero-order chi connectivity index (χ0) is 12.8. The van der Waals surface area contributed by atoms with E-state index < -0.39 is 0 Å². The number of aliphatic imine (C=N–C) groups is 1. The predicted molar refractivity (Wildman–Crippen MR) is 81.5 cm³/mol. The number of ether oxygens (including phenoxy) is 1. The van der Waals surface area contributed by atoms with E-state index in [1.54, 1.807) is 19.6 Å². The molecule has 0 radical (unpaired) electrons. The van der Waals surface area contributed by atoms with Crippen LogP contribution in [0.15, 0.2) is 29.9 Å². The first-order valence-corrected chi connectivity index (χ1v) is 6.04. The van der Waals surface area contributed by atoms with Crippen LogP contribution >= 0.6 is 22.9 Å². The second-order valence-electron chi connectivity index (χ2n) is 3.46. The quantitative estimate of drug-likeness (QED) is 0.384. The minimum atomic E-state index is 0.749. The van der Waals surface area contributed by atoms with Crippen molar-refractivity contribution in [3.05, 3.63) is 30.5 Å². The summed E-state index contributed by atoms with van der Waals surface area (Å²) in [5.74, 6) is 0.749. The molecule has 0 saturated heterocycles. The van der Waals surface area contributed by atoms with Gasteiger partial charge in [0.1, 0.15) is 5.75 Å². The predicted octanol–water partition coefficient (Wildman–Crippen LogP) is 3.50. The smallest absolute Gasteiger partial charge is 0.144 e. The van der Waals surface area contributed by atoms with Crippen molar-refractivity contribution in [3.63, 3.8) is 0 Å². The molecule has 0 aliphatic carbocycles. The fourth-order valence-corrected chi connectivity index (χ4v) is 1.47. The fraction of sp³-hybridized carbons (Fsp3) is 0.250. The Morgan fingerprint density at radius 3 is 2.76 bits per heavy atom. The maximum atomic E-state index is 5.30. The van der Waals surface area contributed by atoms with Gasteiger partial charge in [0, 0.05) is 13.1 Å². The Balaban J connectivity index is 3.12. The van der Waals surface area contributed by atoms with Gasteiger partial charge in [-0.05, 0) is 24.8 Å². The highest BCUT2D eigenvalue weighted by atomic mass is 127. The van der Waals surface area contributed by atoms with E-state index in [4.69, 9.17) is 4.74 Å². The maximum Gasteiger partial charge on any atom is 0.144 e. The summed E-state index contributed by atoms with van der Waals surface area (Å²) in [5.41, 5.74) is 2.85. The summed E-state index contributed by atoms with van der Waals surface area (Å²) < 4.78 is 7.16. The Morgan fingerprint density at radius 2 is 2.24 bits per heavy atom. The van der Waals surface area contributed by atoms with Gasteiger partial charge < -0.3 is 13.2 Å². The molecular formula is C12H16IN3O. The third kappa shape index (κ3) is 3.92. The standard InChI is InChI=1S/C12H16IN3O/c1-5-14-11-6-9(2)10(7-12(11)17-4)15-8-16(3)13/h5-8,14H,1H2,2-4H3. The number of hydrogen-bond acceptors (Lipinski definition) is 3. The summed E-state index contributed by atoms with van der Waals surface area (Å²) in [6.45, 7) is 5.65. The lowest BCUT2D eigenvalue weighted by molar-refractivity contribution is 0.417. The molecular weight excluding hydrogens is 329 g/mol. The summed E-state index contributed by atoms with van der Waals surface area (Å²) in [4.78, 5) is 4.37. The molecule has 0 saturated carbocycles. The molecule has 1 aromatic rings. The number of methoxy groups -OCH3 is 1. The summed E-state index contributed by atoms with van der Waals surface area (Å²) in [6, 6.07) is 3.89. The number of benzene rings is 1. The van der Waals surface area contributed by atoms with Crippen molar-refractivity contribution >= 4 is 40.6 Å². The van der Waals surface area contributed by atoms with Crippen molar-refractivity contribution < 1.29 is 4.74 Å². The van der Waals surface area contributed by atoms with Gasteiger partial charge in [0.15, 0.2) is 0 Å². The first-order chi connectivity index (χ1) is 8.08. The van der Waals surface area contributed by atoms with Crippen LogP contribution in [-0.4, -0.2) is 23.6 Å². The monoisotopic (exact) mass is 345 g/mol. The molecule has 5 heteroatoms. The van der Waals surface area contributed by atoms with Crippen molar-refractivity contribution in [3.8, 4) is 5.75 Å². The van der Waals surface area contributed by atoms with E-state index in [0.29, 0.717) is 0 Å². The van der Waals surface area contributed by atoms with Gasteiger partial charge in [-0.2, -0.15) is 0 Å². The molecule has 1 N–H and O–H groups in total. The lowest BCUT2D eigenvalue weighted by Crippen LogP contribution is -1.98. The molecule has 0 atom stereocenters. The number of anilines is 1. The molecule has 0 fully saturated rings. The van der Waals surface area contributed by atoms with E-state index in [0.717, 1.165) is 22.7 Å². The molecule has 0 unspecified atom stereocenters. The number of aryl methyl sites for hydroxylation is 1. The number of nitrogens with one attached hydrogen (secondary N) is 1. The van der Waals surface area contributed by atoms with Gasteiger partial charge in [-0.1, -0.05) is 6.58 Å². The van der Waals surface area contributed by atoms with Crippen LogP contribution < -0.4 is 10.1 Å². The van der Waals surface area contributed by atoms with Crippen molar-refractivity contribution in [1.82, 2.24) is 3.11 Å². The molecule has 0 aliphatic rings. The number of rotatable bonds is 5. The minimum Gasteiger partial charge on any atom is -0.494 e. The van der Waals surface area contributed by atoms with E-state index in [-0.39, 0.29) is 0 Å². The topological polar surface area (TPSA) is 36.9 Å². The van der Waals surface area contributed by atoms with Crippen molar-refractivity contribution in [2.75, 3.05) is 19.5 Å². The van der Waals surface area contributed by atoms with E-state index in [2.05, 4.69) is 39.8 Å². The van der Waals surface area contributed by atoms with Crippen molar-refractivity contribution in [1.29, 1.82) is 0 Å². The molecule has 0 heterocycles. The van der Waals surface area contributed by atoms with Gasteiger partial charge in [-0.25, -0.2) is 4.99 Å².